The van der Waals surface area contributed by atoms with E-state index >= 15 is 0 Å². The van der Waals surface area contributed by atoms with Crippen LogP contribution in [0.1, 0.15) is 34.6 Å². The lowest BCUT2D eigenvalue weighted by atomic mass is 9.95. The van der Waals surface area contributed by atoms with Crippen LogP contribution in [0.15, 0.2) is 24.4 Å². The summed E-state index contributed by atoms with van der Waals surface area (Å²) in [6.07, 6.45) is 1.84. The van der Waals surface area contributed by atoms with Gasteiger partial charge in [0.1, 0.15) is 5.02 Å². The zero-order valence-electron chi connectivity index (χ0n) is 16.9. The van der Waals surface area contributed by atoms with Crippen LogP contribution in [0, 0.1) is 17.5 Å². The summed E-state index contributed by atoms with van der Waals surface area (Å²) in [6, 6.07) is 2.98. The van der Waals surface area contributed by atoms with Gasteiger partial charge in [0.2, 0.25) is 5.88 Å². The fourth-order valence-electron chi connectivity index (χ4n) is 3.96. The second kappa shape index (κ2) is 7.88. The fourth-order valence-corrected chi connectivity index (χ4v) is 4.23. The maximum absolute atomic E-state index is 13.8. The predicted molar refractivity (Wildman–Crippen MR) is 107 cm³/mol. The Hall–Kier alpha value is -3.07. The normalized spacial score (nSPS) is 15.7. The average Bonchev–Trinajstić information content (AvgIpc) is 3.08. The van der Waals surface area contributed by atoms with Crippen LogP contribution in [0.5, 0.6) is 5.88 Å². The summed E-state index contributed by atoms with van der Waals surface area (Å²) in [4.78, 5) is 18.8. The Morgan fingerprint density at radius 3 is 2.58 bits per heavy atom. The van der Waals surface area contributed by atoms with E-state index in [-0.39, 0.29) is 27.9 Å². The second-order valence-corrected chi connectivity index (χ2v) is 7.57. The number of methoxy groups -OCH3 is 1. The average molecular weight is 451 g/mol. The van der Waals surface area contributed by atoms with Crippen LogP contribution in [0.25, 0.3) is 11.3 Å². The number of amides is 1. The largest absolute Gasteiger partial charge is 0.480 e. The fraction of sp³-hybridized carbons (Fsp3) is 0.286. The summed E-state index contributed by atoms with van der Waals surface area (Å²) in [5.74, 6) is -4.22. The first-order valence-electron chi connectivity index (χ1n) is 9.44. The Kier molecular flexibility index (Phi) is 5.38. The molecule has 0 saturated carbocycles. The minimum atomic E-state index is -1.52. The molecule has 0 N–H and O–H groups in total. The maximum Gasteiger partial charge on any atom is 0.256 e. The van der Waals surface area contributed by atoms with Gasteiger partial charge in [-0.25, -0.2) is 18.2 Å². The van der Waals surface area contributed by atoms with E-state index in [0.29, 0.717) is 24.4 Å². The van der Waals surface area contributed by atoms with Crippen molar-refractivity contribution in [3.8, 4) is 17.1 Å². The van der Waals surface area contributed by atoms with Crippen LogP contribution in [-0.4, -0.2) is 39.2 Å². The molecule has 4 rings (SSSR count). The van der Waals surface area contributed by atoms with Crippen LogP contribution >= 0.6 is 11.6 Å². The molecule has 3 heterocycles. The number of aryl methyl sites for hydroxylation is 1. The van der Waals surface area contributed by atoms with Gasteiger partial charge in [-0.05, 0) is 31.5 Å². The number of halogens is 4. The topological polar surface area (TPSA) is 60.2 Å². The highest BCUT2D eigenvalue weighted by Gasteiger charge is 2.34. The van der Waals surface area contributed by atoms with Gasteiger partial charge in [0.25, 0.3) is 5.91 Å². The quantitative estimate of drug-likeness (QED) is 0.558. The monoisotopic (exact) mass is 450 g/mol. The summed E-state index contributed by atoms with van der Waals surface area (Å²) in [5, 5.41) is 4.60. The van der Waals surface area contributed by atoms with Crippen LogP contribution in [0.3, 0.4) is 0 Å². The second-order valence-electron chi connectivity index (χ2n) is 7.20. The highest BCUT2D eigenvalue weighted by atomic mass is 35.5. The number of carbonyl (C=O) groups is 1. The van der Waals surface area contributed by atoms with Gasteiger partial charge in [-0.15, -0.1) is 0 Å². The molecule has 0 unspecified atom stereocenters. The number of fused-ring (bicyclic) bond motifs is 1. The summed E-state index contributed by atoms with van der Waals surface area (Å²) >= 11 is 6.27. The Morgan fingerprint density at radius 1 is 1.26 bits per heavy atom. The molecular weight excluding hydrogens is 433 g/mol. The standard InChI is InChI=1S/C21H18ClF3N4O2/c1-10-18-13(19(28(2)27-18)11-8-14(23)17(25)15(24)9-11)5-7-29(10)21(30)12-4-6-26-20(31-3)16(12)22/h4,6,8-10H,5,7H2,1-3H3/t10-/m0/s1. The molecular formula is C21H18ClF3N4O2. The molecule has 1 atom stereocenters. The minimum Gasteiger partial charge on any atom is -0.480 e. The van der Waals surface area contributed by atoms with Crippen molar-refractivity contribution in [2.75, 3.05) is 13.7 Å². The van der Waals surface area contributed by atoms with Crippen LogP contribution in [0.4, 0.5) is 13.2 Å². The van der Waals surface area contributed by atoms with E-state index in [1.165, 1.54) is 24.1 Å². The molecule has 0 saturated heterocycles. The zero-order valence-corrected chi connectivity index (χ0v) is 17.7. The van der Waals surface area contributed by atoms with Crippen molar-refractivity contribution in [3.05, 3.63) is 63.7 Å². The molecule has 0 spiro atoms. The molecule has 0 aliphatic carbocycles. The number of hydrogen-bond acceptors (Lipinski definition) is 4. The third-order valence-electron chi connectivity index (χ3n) is 5.44. The molecule has 0 fully saturated rings. The molecule has 1 aliphatic rings. The summed E-state index contributed by atoms with van der Waals surface area (Å²) in [7, 11) is 3.05. The van der Waals surface area contributed by atoms with Crippen molar-refractivity contribution in [2.45, 2.75) is 19.4 Å². The van der Waals surface area contributed by atoms with Gasteiger partial charge >= 0.3 is 0 Å². The van der Waals surface area contributed by atoms with E-state index < -0.39 is 23.5 Å². The molecule has 0 bridgehead atoms. The Balaban J connectivity index is 1.72. The lowest BCUT2D eigenvalue weighted by Gasteiger charge is -2.33. The molecule has 0 radical (unpaired) electrons. The molecule has 3 aromatic rings. The first-order valence-corrected chi connectivity index (χ1v) is 9.82. The Morgan fingerprint density at radius 2 is 1.94 bits per heavy atom. The third-order valence-corrected chi connectivity index (χ3v) is 5.81. The third kappa shape index (κ3) is 3.42. The van der Waals surface area contributed by atoms with Crippen LogP contribution in [-0.2, 0) is 13.5 Å². The number of aromatic nitrogens is 3. The maximum atomic E-state index is 13.8. The summed E-state index contributed by atoms with van der Waals surface area (Å²) in [5.41, 5.74) is 2.27. The van der Waals surface area contributed by atoms with Gasteiger partial charge < -0.3 is 9.64 Å². The molecule has 162 valence electrons. The number of benzene rings is 1. The molecule has 31 heavy (non-hydrogen) atoms. The first kappa shape index (κ1) is 21.2. The molecule has 1 amide bonds. The number of rotatable bonds is 3. The number of pyridine rings is 1. The predicted octanol–water partition coefficient (Wildman–Crippen LogP) is 4.32. The van der Waals surface area contributed by atoms with Crippen molar-refractivity contribution in [1.29, 1.82) is 0 Å². The van der Waals surface area contributed by atoms with Gasteiger partial charge in [0.15, 0.2) is 17.5 Å². The van der Waals surface area contributed by atoms with Crippen molar-refractivity contribution >= 4 is 17.5 Å². The Bertz CT molecular complexity index is 1170. The highest BCUT2D eigenvalue weighted by Crippen LogP contribution is 2.37. The van der Waals surface area contributed by atoms with Gasteiger partial charge in [-0.2, -0.15) is 5.10 Å². The van der Waals surface area contributed by atoms with E-state index in [1.54, 1.807) is 11.9 Å². The zero-order chi connectivity index (χ0) is 22.4. The number of nitrogens with zero attached hydrogens (tertiary/aromatic N) is 4. The van der Waals surface area contributed by atoms with E-state index in [0.717, 1.165) is 17.7 Å². The van der Waals surface area contributed by atoms with E-state index in [4.69, 9.17) is 16.3 Å². The van der Waals surface area contributed by atoms with Crippen LogP contribution < -0.4 is 4.74 Å². The molecule has 10 heteroatoms. The van der Waals surface area contributed by atoms with Gasteiger partial charge in [0, 0.05) is 30.9 Å². The van der Waals surface area contributed by atoms with Crippen molar-refractivity contribution < 1.29 is 22.7 Å². The van der Waals surface area contributed by atoms with Crippen molar-refractivity contribution in [1.82, 2.24) is 19.7 Å². The highest BCUT2D eigenvalue weighted by molar-refractivity contribution is 6.35. The summed E-state index contributed by atoms with van der Waals surface area (Å²) < 4.78 is 47.6. The smallest absolute Gasteiger partial charge is 0.256 e. The van der Waals surface area contributed by atoms with Gasteiger partial charge in [-0.3, -0.25) is 9.48 Å². The Labute approximate surface area is 181 Å². The van der Waals surface area contributed by atoms with E-state index in [1.807, 2.05) is 6.92 Å². The van der Waals surface area contributed by atoms with E-state index in [2.05, 4.69) is 10.1 Å². The minimum absolute atomic E-state index is 0.118. The SMILES string of the molecule is COc1nccc(C(=O)N2CCc3c(nn(C)c3-c3cc(F)c(F)c(F)c3)[C@@H]2C)c1Cl. The molecule has 1 aliphatic heterocycles. The molecule has 2 aromatic heterocycles. The van der Waals surface area contributed by atoms with Crippen molar-refractivity contribution in [2.24, 2.45) is 7.05 Å². The first-order chi connectivity index (χ1) is 14.7. The van der Waals surface area contributed by atoms with Crippen molar-refractivity contribution in [3.63, 3.8) is 0 Å². The lowest BCUT2D eigenvalue weighted by molar-refractivity contribution is 0.0673. The lowest BCUT2D eigenvalue weighted by Crippen LogP contribution is -2.39. The number of ether oxygens (including phenoxy) is 1. The van der Waals surface area contributed by atoms with Crippen LogP contribution in [0.2, 0.25) is 5.02 Å². The number of hydrogen-bond donors (Lipinski definition) is 0. The van der Waals surface area contributed by atoms with Gasteiger partial charge in [-0.1, -0.05) is 11.6 Å². The molecule has 6 nitrogen and oxygen atoms in total. The molecule has 1 aromatic carbocycles. The van der Waals surface area contributed by atoms with Gasteiger partial charge in [0.05, 0.1) is 30.1 Å². The number of carbonyl (C=O) groups excluding carboxylic acids is 1. The van der Waals surface area contributed by atoms with E-state index in [9.17, 15) is 18.0 Å². The summed E-state index contributed by atoms with van der Waals surface area (Å²) in [6.45, 7) is 2.14.